The molecule has 0 aromatic heterocycles. The van der Waals surface area contributed by atoms with E-state index >= 15 is 0 Å². The van der Waals surface area contributed by atoms with Gasteiger partial charge in [-0.3, -0.25) is 0 Å². The molecule has 0 aromatic carbocycles. The molecule has 1 heterocycles. The number of nitrogens with one attached hydrogen (secondary N) is 1. The summed E-state index contributed by atoms with van der Waals surface area (Å²) in [4.78, 5) is 13.8. The minimum atomic E-state index is -0.420. The van der Waals surface area contributed by atoms with Crippen LogP contribution in [0.15, 0.2) is 0 Å². The number of carbonyl (C=O) groups is 1. The Labute approximate surface area is 134 Å². The van der Waals surface area contributed by atoms with Gasteiger partial charge >= 0.3 is 6.09 Å². The van der Waals surface area contributed by atoms with E-state index in [4.69, 9.17) is 9.47 Å². The van der Waals surface area contributed by atoms with Crippen molar-refractivity contribution >= 4 is 6.09 Å². The lowest BCUT2D eigenvalue weighted by Crippen LogP contribution is -2.39. The van der Waals surface area contributed by atoms with Crippen LogP contribution in [0.25, 0.3) is 0 Å². The molecule has 22 heavy (non-hydrogen) atoms. The van der Waals surface area contributed by atoms with Crippen LogP contribution in [0.4, 0.5) is 4.79 Å². The highest BCUT2D eigenvalue weighted by atomic mass is 16.6. The summed E-state index contributed by atoms with van der Waals surface area (Å²) in [5, 5.41) is 3.49. The molecule has 2 rings (SSSR count). The van der Waals surface area contributed by atoms with E-state index in [1.165, 1.54) is 32.1 Å². The molecule has 1 saturated carbocycles. The molecule has 0 spiro atoms. The highest BCUT2D eigenvalue weighted by Gasteiger charge is 2.29. The highest BCUT2D eigenvalue weighted by Crippen LogP contribution is 2.20. The predicted molar refractivity (Wildman–Crippen MR) is 87.0 cm³/mol. The molecular formula is C17H32N2O3. The van der Waals surface area contributed by atoms with E-state index in [0.29, 0.717) is 12.1 Å². The monoisotopic (exact) mass is 312 g/mol. The molecule has 2 aliphatic rings. The van der Waals surface area contributed by atoms with Crippen LogP contribution in [-0.4, -0.2) is 55.0 Å². The summed E-state index contributed by atoms with van der Waals surface area (Å²) < 4.78 is 11.3. The van der Waals surface area contributed by atoms with Crippen molar-refractivity contribution in [2.24, 2.45) is 0 Å². The largest absolute Gasteiger partial charge is 0.444 e. The van der Waals surface area contributed by atoms with Gasteiger partial charge in [0.15, 0.2) is 0 Å². The lowest BCUT2D eigenvalue weighted by Gasteiger charge is -2.24. The second kappa shape index (κ2) is 8.16. The van der Waals surface area contributed by atoms with Gasteiger partial charge in [0.05, 0.1) is 12.7 Å². The molecule has 128 valence electrons. The Morgan fingerprint density at radius 3 is 2.59 bits per heavy atom. The van der Waals surface area contributed by atoms with Crippen LogP contribution in [0.2, 0.25) is 0 Å². The first-order valence-electron chi connectivity index (χ1n) is 8.77. The standard InChI is InChI=1S/C17H32N2O3/c1-17(2,3)22-16(20)19-11-9-14(13-19)18-10-12-21-15-7-5-4-6-8-15/h14-15,18H,4-13H2,1-3H3. The van der Waals surface area contributed by atoms with Crippen molar-refractivity contribution in [3.8, 4) is 0 Å². The molecule has 0 radical (unpaired) electrons. The smallest absolute Gasteiger partial charge is 0.410 e. The Balaban J connectivity index is 1.57. The lowest BCUT2D eigenvalue weighted by molar-refractivity contribution is 0.0273. The van der Waals surface area contributed by atoms with E-state index in [1.807, 2.05) is 20.8 Å². The normalized spacial score (nSPS) is 23.8. The molecule has 1 aliphatic heterocycles. The van der Waals surface area contributed by atoms with Crippen molar-refractivity contribution in [2.45, 2.75) is 77.0 Å². The second-order valence-corrected chi connectivity index (χ2v) is 7.50. The number of hydrogen-bond donors (Lipinski definition) is 1. The maximum absolute atomic E-state index is 12.0. The molecule has 5 nitrogen and oxygen atoms in total. The third-order valence-electron chi connectivity index (χ3n) is 4.28. The van der Waals surface area contributed by atoms with Crippen molar-refractivity contribution < 1.29 is 14.3 Å². The van der Waals surface area contributed by atoms with Crippen LogP contribution >= 0.6 is 0 Å². The Morgan fingerprint density at radius 1 is 1.18 bits per heavy atom. The molecule has 2 fully saturated rings. The average molecular weight is 312 g/mol. The fourth-order valence-electron chi connectivity index (χ4n) is 3.14. The van der Waals surface area contributed by atoms with Gasteiger partial charge in [-0.05, 0) is 40.0 Å². The number of nitrogens with zero attached hydrogens (tertiary/aromatic N) is 1. The third kappa shape index (κ3) is 6.13. The van der Waals surface area contributed by atoms with Crippen LogP contribution in [-0.2, 0) is 9.47 Å². The molecule has 1 atom stereocenters. The van der Waals surface area contributed by atoms with Gasteiger partial charge in [0.2, 0.25) is 0 Å². The van der Waals surface area contributed by atoms with Crippen LogP contribution in [0.3, 0.4) is 0 Å². The predicted octanol–water partition coefficient (Wildman–Crippen LogP) is 2.93. The topological polar surface area (TPSA) is 50.8 Å². The minimum absolute atomic E-state index is 0.199. The van der Waals surface area contributed by atoms with Crippen molar-refractivity contribution in [2.75, 3.05) is 26.2 Å². The van der Waals surface area contributed by atoms with Crippen molar-refractivity contribution in [3.63, 3.8) is 0 Å². The summed E-state index contributed by atoms with van der Waals surface area (Å²) in [7, 11) is 0. The summed E-state index contributed by atoms with van der Waals surface area (Å²) in [6.07, 6.45) is 7.68. The number of amides is 1. The maximum atomic E-state index is 12.0. The summed E-state index contributed by atoms with van der Waals surface area (Å²) >= 11 is 0. The van der Waals surface area contributed by atoms with E-state index in [9.17, 15) is 4.79 Å². The summed E-state index contributed by atoms with van der Waals surface area (Å²) in [6, 6.07) is 0.363. The average Bonchev–Trinajstić information content (AvgIpc) is 2.92. The first-order chi connectivity index (χ1) is 10.4. The molecule has 5 heteroatoms. The Morgan fingerprint density at radius 2 is 1.91 bits per heavy atom. The Hall–Kier alpha value is -0.810. The van der Waals surface area contributed by atoms with Gasteiger partial charge in [-0.25, -0.2) is 4.79 Å². The van der Waals surface area contributed by atoms with Crippen LogP contribution < -0.4 is 5.32 Å². The minimum Gasteiger partial charge on any atom is -0.444 e. The quantitative estimate of drug-likeness (QED) is 0.793. The SMILES string of the molecule is CC(C)(C)OC(=O)N1CCC(NCCOC2CCCCC2)C1. The number of ether oxygens (including phenoxy) is 2. The number of carbonyl (C=O) groups excluding carboxylic acids is 1. The van der Waals surface area contributed by atoms with Gasteiger partial charge in [0.1, 0.15) is 5.60 Å². The van der Waals surface area contributed by atoms with Gasteiger partial charge in [0, 0.05) is 25.7 Å². The van der Waals surface area contributed by atoms with Gasteiger partial charge in [-0.15, -0.1) is 0 Å². The zero-order valence-corrected chi connectivity index (χ0v) is 14.4. The van der Waals surface area contributed by atoms with Crippen LogP contribution in [0, 0.1) is 0 Å². The van der Waals surface area contributed by atoms with E-state index in [0.717, 1.165) is 32.7 Å². The van der Waals surface area contributed by atoms with Crippen molar-refractivity contribution in [1.82, 2.24) is 10.2 Å². The van der Waals surface area contributed by atoms with E-state index < -0.39 is 5.60 Å². The summed E-state index contributed by atoms with van der Waals surface area (Å²) in [5.74, 6) is 0. The molecule has 1 amide bonds. The highest BCUT2D eigenvalue weighted by molar-refractivity contribution is 5.68. The van der Waals surface area contributed by atoms with Gasteiger partial charge in [-0.2, -0.15) is 0 Å². The zero-order valence-electron chi connectivity index (χ0n) is 14.4. The van der Waals surface area contributed by atoms with Crippen molar-refractivity contribution in [3.05, 3.63) is 0 Å². The van der Waals surface area contributed by atoms with Crippen LogP contribution in [0.5, 0.6) is 0 Å². The molecule has 1 aliphatic carbocycles. The zero-order chi connectivity index (χ0) is 16.0. The third-order valence-corrected chi connectivity index (χ3v) is 4.28. The van der Waals surface area contributed by atoms with Gasteiger partial charge in [-0.1, -0.05) is 19.3 Å². The van der Waals surface area contributed by atoms with Gasteiger partial charge < -0.3 is 19.7 Å². The fourth-order valence-corrected chi connectivity index (χ4v) is 3.14. The first-order valence-corrected chi connectivity index (χ1v) is 8.77. The van der Waals surface area contributed by atoms with E-state index in [-0.39, 0.29) is 6.09 Å². The fraction of sp³-hybridized carbons (Fsp3) is 0.941. The number of rotatable bonds is 5. The number of likely N-dealkylation sites (tertiary alicyclic amines) is 1. The summed E-state index contributed by atoms with van der Waals surface area (Å²) in [5.41, 5.74) is -0.420. The molecule has 0 bridgehead atoms. The maximum Gasteiger partial charge on any atom is 0.410 e. The van der Waals surface area contributed by atoms with Gasteiger partial charge in [0.25, 0.3) is 0 Å². The Bertz CT molecular complexity index is 348. The van der Waals surface area contributed by atoms with Crippen molar-refractivity contribution in [1.29, 1.82) is 0 Å². The van der Waals surface area contributed by atoms with Crippen LogP contribution in [0.1, 0.15) is 59.3 Å². The molecule has 1 saturated heterocycles. The van der Waals surface area contributed by atoms with E-state index in [2.05, 4.69) is 5.32 Å². The van der Waals surface area contributed by atoms with E-state index in [1.54, 1.807) is 4.90 Å². The molecular weight excluding hydrogens is 280 g/mol. The Kier molecular flexibility index (Phi) is 6.50. The lowest BCUT2D eigenvalue weighted by atomic mass is 9.98. The first kappa shape index (κ1) is 17.5. The number of hydrogen-bond acceptors (Lipinski definition) is 4. The molecule has 0 aromatic rings. The molecule has 1 N–H and O–H groups in total. The summed E-state index contributed by atoms with van der Waals surface area (Å²) in [6.45, 7) is 8.85. The molecule has 1 unspecified atom stereocenters. The second-order valence-electron chi connectivity index (χ2n) is 7.50.